The van der Waals surface area contributed by atoms with Crippen LogP contribution in [0.15, 0.2) is 46.8 Å². The summed E-state index contributed by atoms with van der Waals surface area (Å²) < 4.78 is 15.6. The van der Waals surface area contributed by atoms with Gasteiger partial charge < -0.3 is 19.5 Å². The zero-order chi connectivity index (χ0) is 18.6. The number of benzene rings is 1. The maximum absolute atomic E-state index is 12.5. The summed E-state index contributed by atoms with van der Waals surface area (Å²) in [5, 5.41) is 3.08. The minimum atomic E-state index is -0.635. The molecule has 1 N–H and O–H groups in total. The van der Waals surface area contributed by atoms with Crippen LogP contribution in [0.25, 0.3) is 0 Å². The van der Waals surface area contributed by atoms with Gasteiger partial charge in [0.15, 0.2) is 0 Å². The molecule has 0 atom stereocenters. The molecule has 1 aliphatic heterocycles. The van der Waals surface area contributed by atoms with E-state index in [2.05, 4.69) is 5.32 Å². The molecule has 6 nitrogen and oxygen atoms in total. The second kappa shape index (κ2) is 7.88. The van der Waals surface area contributed by atoms with Crippen molar-refractivity contribution in [3.8, 4) is 5.75 Å². The molecule has 0 amide bonds. The summed E-state index contributed by atoms with van der Waals surface area (Å²) in [6.07, 6.45) is 0. The summed E-state index contributed by atoms with van der Waals surface area (Å²) in [4.78, 5) is 24.9. The number of hydrogen-bond acceptors (Lipinski definition) is 6. The van der Waals surface area contributed by atoms with Gasteiger partial charge in [0, 0.05) is 17.0 Å². The molecule has 6 heteroatoms. The Hall–Kier alpha value is -2.76. The van der Waals surface area contributed by atoms with E-state index in [4.69, 9.17) is 14.2 Å². The Morgan fingerprint density at radius 3 is 2.00 bits per heavy atom. The highest BCUT2D eigenvalue weighted by atomic mass is 16.5. The number of rotatable bonds is 5. The molecule has 0 aromatic heterocycles. The third kappa shape index (κ3) is 3.52. The van der Waals surface area contributed by atoms with Crippen molar-refractivity contribution in [2.24, 2.45) is 0 Å². The third-order valence-corrected chi connectivity index (χ3v) is 4.10. The van der Waals surface area contributed by atoms with Crippen LogP contribution in [0.4, 0.5) is 0 Å². The van der Waals surface area contributed by atoms with Crippen molar-refractivity contribution in [3.05, 3.63) is 52.4 Å². The molecule has 0 radical (unpaired) electrons. The molecule has 0 spiro atoms. The minimum Gasteiger partial charge on any atom is -0.494 e. The van der Waals surface area contributed by atoms with Crippen LogP contribution >= 0.6 is 0 Å². The van der Waals surface area contributed by atoms with Gasteiger partial charge in [-0.1, -0.05) is 18.2 Å². The summed E-state index contributed by atoms with van der Waals surface area (Å²) in [6.45, 7) is 5.90. The van der Waals surface area contributed by atoms with E-state index in [1.807, 2.05) is 31.2 Å². The van der Waals surface area contributed by atoms with E-state index in [-0.39, 0.29) is 0 Å². The predicted octanol–water partition coefficient (Wildman–Crippen LogP) is 2.67. The van der Waals surface area contributed by atoms with Crippen LogP contribution in [-0.4, -0.2) is 32.8 Å². The van der Waals surface area contributed by atoms with E-state index in [0.717, 1.165) is 0 Å². The first-order chi connectivity index (χ1) is 12.0. The minimum absolute atomic E-state index is 0.362. The molecule has 1 aliphatic rings. The molecule has 0 unspecified atom stereocenters. The van der Waals surface area contributed by atoms with Gasteiger partial charge in [-0.05, 0) is 26.8 Å². The average molecular weight is 345 g/mol. The average Bonchev–Trinajstić information content (AvgIpc) is 2.60. The van der Waals surface area contributed by atoms with Gasteiger partial charge >= 0.3 is 11.9 Å². The first-order valence-corrected chi connectivity index (χ1v) is 8.03. The zero-order valence-electron chi connectivity index (χ0n) is 15.1. The van der Waals surface area contributed by atoms with Gasteiger partial charge in [0.25, 0.3) is 0 Å². The number of carbonyl (C=O) groups is 2. The SMILES string of the molecule is CCOc1ccccc1C1C(C(=O)OC)=C(C)NC(C)=C1C(=O)OC. The lowest BCUT2D eigenvalue weighted by atomic mass is 9.80. The lowest BCUT2D eigenvalue weighted by Gasteiger charge is -2.30. The van der Waals surface area contributed by atoms with Crippen LogP contribution in [0, 0.1) is 0 Å². The molecule has 25 heavy (non-hydrogen) atoms. The largest absolute Gasteiger partial charge is 0.494 e. The van der Waals surface area contributed by atoms with Gasteiger partial charge in [-0.15, -0.1) is 0 Å². The highest BCUT2D eigenvalue weighted by Gasteiger charge is 2.38. The first kappa shape index (κ1) is 18.6. The van der Waals surface area contributed by atoms with Gasteiger partial charge in [0.2, 0.25) is 0 Å². The number of nitrogens with one attached hydrogen (secondary N) is 1. The van der Waals surface area contributed by atoms with Crippen molar-refractivity contribution in [2.45, 2.75) is 26.7 Å². The van der Waals surface area contributed by atoms with E-state index < -0.39 is 17.9 Å². The van der Waals surface area contributed by atoms with Crippen molar-refractivity contribution in [2.75, 3.05) is 20.8 Å². The van der Waals surface area contributed by atoms with Gasteiger partial charge in [-0.25, -0.2) is 9.59 Å². The fraction of sp³-hybridized carbons (Fsp3) is 0.368. The van der Waals surface area contributed by atoms with Crippen molar-refractivity contribution < 1.29 is 23.8 Å². The number of carbonyl (C=O) groups excluding carboxylic acids is 2. The van der Waals surface area contributed by atoms with Crippen molar-refractivity contribution >= 4 is 11.9 Å². The van der Waals surface area contributed by atoms with Gasteiger partial charge in [-0.2, -0.15) is 0 Å². The number of esters is 2. The van der Waals surface area contributed by atoms with E-state index >= 15 is 0 Å². The van der Waals surface area contributed by atoms with Crippen LogP contribution in [0.3, 0.4) is 0 Å². The highest BCUT2D eigenvalue weighted by molar-refractivity contribution is 6.00. The Labute approximate surface area is 147 Å². The summed E-state index contributed by atoms with van der Waals surface area (Å²) in [7, 11) is 2.63. The quantitative estimate of drug-likeness (QED) is 0.827. The third-order valence-electron chi connectivity index (χ3n) is 4.10. The topological polar surface area (TPSA) is 73.9 Å². The Balaban J connectivity index is 2.73. The number of para-hydroxylation sites is 1. The molecule has 2 rings (SSSR count). The maximum Gasteiger partial charge on any atom is 0.336 e. The molecule has 0 bridgehead atoms. The lowest BCUT2D eigenvalue weighted by molar-refractivity contribution is -0.137. The summed E-state index contributed by atoms with van der Waals surface area (Å²) in [5.41, 5.74) is 2.70. The highest BCUT2D eigenvalue weighted by Crippen LogP contribution is 2.42. The number of methoxy groups -OCH3 is 2. The molecule has 1 heterocycles. The fourth-order valence-corrected chi connectivity index (χ4v) is 3.07. The second-order valence-corrected chi connectivity index (χ2v) is 5.59. The van der Waals surface area contributed by atoms with Crippen LogP contribution in [0.5, 0.6) is 5.75 Å². The smallest absolute Gasteiger partial charge is 0.336 e. The summed E-state index contributed by atoms with van der Waals surface area (Å²) >= 11 is 0. The molecule has 134 valence electrons. The Morgan fingerprint density at radius 1 is 1.00 bits per heavy atom. The molecule has 0 aliphatic carbocycles. The van der Waals surface area contributed by atoms with E-state index in [9.17, 15) is 9.59 Å². The normalized spacial score (nSPS) is 14.9. The van der Waals surface area contributed by atoms with Crippen molar-refractivity contribution in [3.63, 3.8) is 0 Å². The van der Waals surface area contributed by atoms with Crippen LogP contribution in [-0.2, 0) is 19.1 Å². The zero-order valence-corrected chi connectivity index (χ0v) is 15.1. The van der Waals surface area contributed by atoms with Gasteiger partial charge in [0.1, 0.15) is 5.75 Å². The molecule has 0 saturated heterocycles. The fourth-order valence-electron chi connectivity index (χ4n) is 3.07. The summed E-state index contributed by atoms with van der Waals surface area (Å²) in [5.74, 6) is -1.03. The van der Waals surface area contributed by atoms with Gasteiger partial charge in [0.05, 0.1) is 37.9 Å². The molecule has 1 aromatic carbocycles. The van der Waals surface area contributed by atoms with Crippen molar-refractivity contribution in [1.29, 1.82) is 0 Å². The van der Waals surface area contributed by atoms with E-state index in [0.29, 0.717) is 40.5 Å². The number of hydrogen-bond donors (Lipinski definition) is 1. The van der Waals surface area contributed by atoms with Crippen LogP contribution in [0.2, 0.25) is 0 Å². The maximum atomic E-state index is 12.5. The van der Waals surface area contributed by atoms with Crippen LogP contribution < -0.4 is 10.1 Å². The Kier molecular flexibility index (Phi) is 5.85. The monoisotopic (exact) mass is 345 g/mol. The Morgan fingerprint density at radius 2 is 1.52 bits per heavy atom. The molecule has 0 saturated carbocycles. The van der Waals surface area contributed by atoms with E-state index in [1.54, 1.807) is 13.8 Å². The molecular formula is C19H23NO5. The van der Waals surface area contributed by atoms with E-state index in [1.165, 1.54) is 14.2 Å². The predicted molar refractivity (Wildman–Crippen MR) is 92.9 cm³/mol. The Bertz CT molecular complexity index is 710. The van der Waals surface area contributed by atoms with Crippen molar-refractivity contribution in [1.82, 2.24) is 5.32 Å². The van der Waals surface area contributed by atoms with Gasteiger partial charge in [-0.3, -0.25) is 0 Å². The lowest BCUT2D eigenvalue weighted by Crippen LogP contribution is -2.32. The van der Waals surface area contributed by atoms with Crippen LogP contribution in [0.1, 0.15) is 32.3 Å². The molecular weight excluding hydrogens is 322 g/mol. The molecule has 1 aromatic rings. The standard InChI is InChI=1S/C19H23NO5/c1-6-25-14-10-8-7-9-13(14)17-15(18(21)23-4)11(2)20-12(3)16(17)19(22)24-5/h7-10,17,20H,6H2,1-5H3. The molecule has 0 fully saturated rings. The number of dihydropyridines is 1. The first-order valence-electron chi connectivity index (χ1n) is 8.03. The number of ether oxygens (including phenoxy) is 3. The number of allylic oxidation sites excluding steroid dienone is 2. The summed E-state index contributed by atoms with van der Waals surface area (Å²) in [6, 6.07) is 7.34. The second-order valence-electron chi connectivity index (χ2n) is 5.59.